The summed E-state index contributed by atoms with van der Waals surface area (Å²) in [6.45, 7) is 1.32. The molecule has 6 nitrogen and oxygen atoms in total. The maximum atomic E-state index is 12.6. The van der Waals surface area contributed by atoms with E-state index in [0.29, 0.717) is 22.0 Å². The SMILES string of the molecule is Cc1c(C(=O)N(CC(=O)O)c2ccc(Cl)cc2)cnn1C. The molecule has 1 N–H and O–H groups in total. The fourth-order valence-electron chi connectivity index (χ4n) is 1.89. The second-order valence-electron chi connectivity index (χ2n) is 4.53. The number of carboxylic acids is 1. The Bertz CT molecular complexity index is 679. The molecular formula is C14H14ClN3O3. The van der Waals surface area contributed by atoms with Gasteiger partial charge in [-0.1, -0.05) is 11.6 Å². The predicted molar refractivity (Wildman–Crippen MR) is 78.7 cm³/mol. The van der Waals surface area contributed by atoms with Gasteiger partial charge in [0.05, 0.1) is 11.8 Å². The summed E-state index contributed by atoms with van der Waals surface area (Å²) in [6.07, 6.45) is 1.43. The number of rotatable bonds is 4. The van der Waals surface area contributed by atoms with Crippen molar-refractivity contribution in [3.63, 3.8) is 0 Å². The van der Waals surface area contributed by atoms with Crippen molar-refractivity contribution in [2.75, 3.05) is 11.4 Å². The van der Waals surface area contributed by atoms with Crippen LogP contribution >= 0.6 is 11.6 Å². The van der Waals surface area contributed by atoms with Gasteiger partial charge in [-0.15, -0.1) is 0 Å². The van der Waals surface area contributed by atoms with Gasteiger partial charge in [0.15, 0.2) is 0 Å². The Labute approximate surface area is 126 Å². The van der Waals surface area contributed by atoms with E-state index in [9.17, 15) is 9.59 Å². The van der Waals surface area contributed by atoms with Crippen LogP contribution in [0.25, 0.3) is 0 Å². The standard InChI is InChI=1S/C14H14ClN3O3/c1-9-12(7-16-17(9)2)14(21)18(8-13(19)20)11-5-3-10(15)4-6-11/h3-7H,8H2,1-2H3,(H,19,20). The van der Waals surface area contributed by atoms with Crippen LogP contribution in [0.15, 0.2) is 30.5 Å². The molecule has 0 fully saturated rings. The zero-order valence-corrected chi connectivity index (χ0v) is 12.3. The van der Waals surface area contributed by atoms with Crippen LogP contribution in [-0.2, 0) is 11.8 Å². The largest absolute Gasteiger partial charge is 0.480 e. The Balaban J connectivity index is 2.40. The minimum atomic E-state index is -1.10. The molecule has 0 radical (unpaired) electrons. The molecule has 2 rings (SSSR count). The molecule has 0 atom stereocenters. The van der Waals surface area contributed by atoms with Crippen molar-refractivity contribution in [3.05, 3.63) is 46.7 Å². The van der Waals surface area contributed by atoms with Gasteiger partial charge < -0.3 is 5.11 Å². The van der Waals surface area contributed by atoms with E-state index < -0.39 is 18.4 Å². The minimum absolute atomic E-state index is 0.369. The van der Waals surface area contributed by atoms with Crippen molar-refractivity contribution < 1.29 is 14.7 Å². The summed E-state index contributed by atoms with van der Waals surface area (Å²) in [6, 6.07) is 6.42. The normalized spacial score (nSPS) is 10.4. The summed E-state index contributed by atoms with van der Waals surface area (Å²) in [5, 5.41) is 13.5. The second-order valence-corrected chi connectivity index (χ2v) is 4.97. The van der Waals surface area contributed by atoms with Crippen molar-refractivity contribution in [1.82, 2.24) is 9.78 Å². The first-order chi connectivity index (χ1) is 9.90. The topological polar surface area (TPSA) is 75.4 Å². The lowest BCUT2D eigenvalue weighted by molar-refractivity contribution is -0.135. The molecule has 1 aromatic heterocycles. The zero-order valence-electron chi connectivity index (χ0n) is 11.6. The molecular weight excluding hydrogens is 294 g/mol. The Morgan fingerprint density at radius 2 is 1.95 bits per heavy atom. The fourth-order valence-corrected chi connectivity index (χ4v) is 2.02. The smallest absolute Gasteiger partial charge is 0.323 e. The maximum absolute atomic E-state index is 12.6. The molecule has 0 bridgehead atoms. The van der Waals surface area contributed by atoms with Crippen molar-refractivity contribution in [3.8, 4) is 0 Å². The van der Waals surface area contributed by atoms with E-state index in [1.54, 1.807) is 42.9 Å². The highest BCUT2D eigenvalue weighted by molar-refractivity contribution is 6.30. The lowest BCUT2D eigenvalue weighted by atomic mass is 10.2. The number of carboxylic acid groups (broad SMARTS) is 1. The van der Waals surface area contributed by atoms with Gasteiger partial charge in [-0.25, -0.2) is 0 Å². The number of anilines is 1. The van der Waals surface area contributed by atoms with E-state index in [1.807, 2.05) is 0 Å². The van der Waals surface area contributed by atoms with Crippen LogP contribution in [0, 0.1) is 6.92 Å². The highest BCUT2D eigenvalue weighted by Gasteiger charge is 2.23. The first kappa shape index (κ1) is 15.1. The molecule has 1 heterocycles. The van der Waals surface area contributed by atoms with Gasteiger partial charge in [-0.2, -0.15) is 5.10 Å². The average molecular weight is 308 g/mol. The number of hydrogen-bond acceptors (Lipinski definition) is 3. The molecule has 0 saturated carbocycles. The molecule has 1 aromatic carbocycles. The summed E-state index contributed by atoms with van der Waals surface area (Å²) in [4.78, 5) is 24.8. The Morgan fingerprint density at radius 3 is 2.43 bits per heavy atom. The van der Waals surface area contributed by atoms with E-state index in [0.717, 1.165) is 0 Å². The summed E-state index contributed by atoms with van der Waals surface area (Å²) >= 11 is 5.81. The van der Waals surface area contributed by atoms with Gasteiger partial charge in [0, 0.05) is 23.5 Å². The first-order valence-electron chi connectivity index (χ1n) is 6.18. The van der Waals surface area contributed by atoms with Gasteiger partial charge in [0.25, 0.3) is 5.91 Å². The average Bonchev–Trinajstić information content (AvgIpc) is 2.77. The molecule has 0 aliphatic heterocycles. The molecule has 1 amide bonds. The van der Waals surface area contributed by atoms with E-state index in [1.165, 1.54) is 11.1 Å². The number of aromatic nitrogens is 2. The molecule has 0 saturated heterocycles. The van der Waals surface area contributed by atoms with Crippen molar-refractivity contribution >= 4 is 29.2 Å². The van der Waals surface area contributed by atoms with Gasteiger partial charge in [0.1, 0.15) is 6.54 Å². The lowest BCUT2D eigenvalue weighted by Crippen LogP contribution is -2.36. The third-order valence-corrected chi connectivity index (χ3v) is 3.39. The second kappa shape index (κ2) is 5.97. The van der Waals surface area contributed by atoms with E-state index in [-0.39, 0.29) is 0 Å². The molecule has 0 aliphatic carbocycles. The molecule has 2 aromatic rings. The molecule has 0 aliphatic rings. The number of amides is 1. The van der Waals surface area contributed by atoms with Gasteiger partial charge >= 0.3 is 5.97 Å². The van der Waals surface area contributed by atoms with Crippen LogP contribution < -0.4 is 4.90 Å². The zero-order chi connectivity index (χ0) is 15.6. The van der Waals surface area contributed by atoms with E-state index in [4.69, 9.17) is 16.7 Å². The number of benzene rings is 1. The van der Waals surface area contributed by atoms with Crippen LogP contribution in [-0.4, -0.2) is 33.3 Å². The van der Waals surface area contributed by atoms with Gasteiger partial charge in [0.2, 0.25) is 0 Å². The number of nitrogens with zero attached hydrogens (tertiary/aromatic N) is 3. The third-order valence-electron chi connectivity index (χ3n) is 3.14. The summed E-state index contributed by atoms with van der Waals surface area (Å²) in [5.74, 6) is -1.51. The number of carbonyl (C=O) groups excluding carboxylic acids is 1. The number of hydrogen-bond donors (Lipinski definition) is 1. The molecule has 7 heteroatoms. The number of aliphatic carboxylic acids is 1. The number of aryl methyl sites for hydroxylation is 1. The van der Waals surface area contributed by atoms with Gasteiger partial charge in [-0.05, 0) is 31.2 Å². The minimum Gasteiger partial charge on any atom is -0.480 e. The monoisotopic (exact) mass is 307 g/mol. The first-order valence-corrected chi connectivity index (χ1v) is 6.55. The van der Waals surface area contributed by atoms with Crippen LogP contribution in [0.5, 0.6) is 0 Å². The van der Waals surface area contributed by atoms with E-state index in [2.05, 4.69) is 5.10 Å². The molecule has 21 heavy (non-hydrogen) atoms. The van der Waals surface area contributed by atoms with Crippen LogP contribution in [0.3, 0.4) is 0 Å². The molecule has 0 unspecified atom stereocenters. The number of halogens is 1. The predicted octanol–water partition coefficient (Wildman–Crippen LogP) is 2.11. The maximum Gasteiger partial charge on any atom is 0.323 e. The summed E-state index contributed by atoms with van der Waals surface area (Å²) in [7, 11) is 1.72. The Morgan fingerprint density at radius 1 is 1.33 bits per heavy atom. The highest BCUT2D eigenvalue weighted by atomic mass is 35.5. The lowest BCUT2D eigenvalue weighted by Gasteiger charge is -2.20. The Hall–Kier alpha value is -2.34. The number of carbonyl (C=O) groups is 2. The van der Waals surface area contributed by atoms with Crippen molar-refractivity contribution in [2.45, 2.75) is 6.92 Å². The molecule has 0 spiro atoms. The molecule has 110 valence electrons. The van der Waals surface area contributed by atoms with Crippen LogP contribution in [0.2, 0.25) is 5.02 Å². The van der Waals surface area contributed by atoms with Crippen molar-refractivity contribution in [1.29, 1.82) is 0 Å². The van der Waals surface area contributed by atoms with Crippen molar-refractivity contribution in [2.24, 2.45) is 7.05 Å². The van der Waals surface area contributed by atoms with E-state index >= 15 is 0 Å². The third kappa shape index (κ3) is 3.22. The van der Waals surface area contributed by atoms with Crippen LogP contribution in [0.1, 0.15) is 16.1 Å². The summed E-state index contributed by atoms with van der Waals surface area (Å²) < 4.78 is 1.56. The van der Waals surface area contributed by atoms with Gasteiger partial charge in [-0.3, -0.25) is 19.2 Å². The van der Waals surface area contributed by atoms with Crippen LogP contribution in [0.4, 0.5) is 5.69 Å². The Kier molecular flexibility index (Phi) is 4.28. The quantitative estimate of drug-likeness (QED) is 0.938. The highest BCUT2D eigenvalue weighted by Crippen LogP contribution is 2.21. The summed E-state index contributed by atoms with van der Waals surface area (Å²) in [5.41, 5.74) is 1.51. The fraction of sp³-hybridized carbons (Fsp3) is 0.214.